The van der Waals surface area contributed by atoms with Crippen molar-refractivity contribution in [1.29, 1.82) is 0 Å². The van der Waals surface area contributed by atoms with Crippen LogP contribution in [0.4, 0.5) is 11.8 Å². The van der Waals surface area contributed by atoms with Gasteiger partial charge in [0.2, 0.25) is 17.8 Å². The summed E-state index contributed by atoms with van der Waals surface area (Å²) >= 11 is 1.77. The lowest BCUT2D eigenvalue weighted by atomic mass is 10.1. The number of aromatic nitrogens is 2. The number of rotatable bonds is 4. The van der Waals surface area contributed by atoms with Crippen molar-refractivity contribution >= 4 is 35.3 Å². The third kappa shape index (κ3) is 3.22. The Hall–Kier alpha value is -2.03. The molecule has 0 bridgehead atoms. The third-order valence-corrected chi connectivity index (χ3v) is 6.57. The number of amides is 2. The van der Waals surface area contributed by atoms with E-state index in [1.807, 2.05) is 18.7 Å². The number of carbonyl (C=O) groups excluding carboxylic acids is 2. The van der Waals surface area contributed by atoms with Gasteiger partial charge in [0.05, 0.1) is 10.6 Å². The van der Waals surface area contributed by atoms with Gasteiger partial charge in [-0.2, -0.15) is 4.98 Å². The molecule has 4 heterocycles. The summed E-state index contributed by atoms with van der Waals surface area (Å²) in [5, 5.41) is 5.89. The van der Waals surface area contributed by atoms with Crippen molar-refractivity contribution in [3.8, 4) is 0 Å². The van der Waals surface area contributed by atoms with Crippen LogP contribution in [-0.4, -0.2) is 65.8 Å². The second kappa shape index (κ2) is 7.53. The summed E-state index contributed by atoms with van der Waals surface area (Å²) in [5.41, 5.74) is 1.04. The Balaban J connectivity index is 1.76. The fourth-order valence-electron chi connectivity index (χ4n) is 4.10. The van der Waals surface area contributed by atoms with E-state index in [-0.39, 0.29) is 23.9 Å². The van der Waals surface area contributed by atoms with Crippen molar-refractivity contribution in [2.45, 2.75) is 50.1 Å². The highest BCUT2D eigenvalue weighted by atomic mass is 32.2. The lowest BCUT2D eigenvalue weighted by Crippen LogP contribution is -2.56. The molecule has 1 aromatic rings. The number of nitrogens with one attached hydrogen (secondary N) is 2. The molecular formula is C18H26N6O2S. The highest BCUT2D eigenvalue weighted by Gasteiger charge is 2.36. The second-order valence-electron chi connectivity index (χ2n) is 7.04. The van der Waals surface area contributed by atoms with Crippen molar-refractivity contribution in [2.75, 3.05) is 41.7 Å². The molecule has 9 heteroatoms. The van der Waals surface area contributed by atoms with Gasteiger partial charge < -0.3 is 20.4 Å². The van der Waals surface area contributed by atoms with Crippen LogP contribution in [0.2, 0.25) is 0 Å². The number of piperazine rings is 2. The first-order valence-electron chi connectivity index (χ1n) is 9.76. The van der Waals surface area contributed by atoms with Gasteiger partial charge in [-0.05, 0) is 12.8 Å². The van der Waals surface area contributed by atoms with Crippen LogP contribution >= 0.6 is 11.8 Å². The van der Waals surface area contributed by atoms with Crippen molar-refractivity contribution in [3.05, 3.63) is 5.69 Å². The molecule has 0 saturated carbocycles. The van der Waals surface area contributed by atoms with Crippen LogP contribution in [0, 0.1) is 0 Å². The number of carbonyl (C=O) groups is 2. The molecule has 0 radical (unpaired) electrons. The molecule has 2 saturated heterocycles. The molecule has 0 spiro atoms. The van der Waals surface area contributed by atoms with Crippen molar-refractivity contribution in [3.63, 3.8) is 0 Å². The zero-order chi connectivity index (χ0) is 19.0. The van der Waals surface area contributed by atoms with E-state index in [9.17, 15) is 9.59 Å². The molecule has 146 valence electrons. The number of fused-ring (bicyclic) bond motifs is 1. The summed E-state index contributed by atoms with van der Waals surface area (Å²) in [4.78, 5) is 39.7. The molecule has 1 aromatic heterocycles. The maximum atomic E-state index is 12.4. The largest absolute Gasteiger partial charge is 0.353 e. The minimum atomic E-state index is -0.245. The molecule has 2 amide bonds. The highest BCUT2D eigenvalue weighted by Crippen LogP contribution is 2.40. The van der Waals surface area contributed by atoms with Crippen LogP contribution < -0.4 is 20.4 Å². The summed E-state index contributed by atoms with van der Waals surface area (Å²) in [6.07, 6.45) is 2.34. The predicted octanol–water partition coefficient (Wildman–Crippen LogP) is 0.554. The van der Waals surface area contributed by atoms with E-state index < -0.39 is 0 Å². The van der Waals surface area contributed by atoms with E-state index in [1.165, 1.54) is 0 Å². The SMILES string of the molecule is CCC1C(=O)NCCN1c1nc2c(c(N3CCNC(=O)C3CC)n1)SCC2. The van der Waals surface area contributed by atoms with Crippen LogP contribution in [0.15, 0.2) is 4.90 Å². The molecule has 3 aliphatic heterocycles. The fourth-order valence-corrected chi connectivity index (χ4v) is 5.20. The van der Waals surface area contributed by atoms with Crippen molar-refractivity contribution < 1.29 is 9.59 Å². The molecule has 0 aliphatic carbocycles. The first-order valence-corrected chi connectivity index (χ1v) is 10.7. The van der Waals surface area contributed by atoms with E-state index >= 15 is 0 Å². The van der Waals surface area contributed by atoms with Gasteiger partial charge in [-0.1, -0.05) is 13.8 Å². The van der Waals surface area contributed by atoms with Gasteiger partial charge in [-0.15, -0.1) is 11.8 Å². The number of hydrogen-bond donors (Lipinski definition) is 2. The summed E-state index contributed by atoms with van der Waals surface area (Å²) in [6.45, 7) is 6.70. The van der Waals surface area contributed by atoms with Gasteiger partial charge in [0.1, 0.15) is 17.9 Å². The normalized spacial score (nSPS) is 25.3. The quantitative estimate of drug-likeness (QED) is 0.776. The number of nitrogens with zero attached hydrogens (tertiary/aromatic N) is 4. The minimum absolute atomic E-state index is 0.0348. The van der Waals surface area contributed by atoms with E-state index in [2.05, 4.69) is 15.5 Å². The number of hydrogen-bond acceptors (Lipinski definition) is 7. The first kappa shape index (κ1) is 18.3. The van der Waals surface area contributed by atoms with E-state index in [1.54, 1.807) is 11.8 Å². The van der Waals surface area contributed by atoms with Gasteiger partial charge in [-0.3, -0.25) is 9.59 Å². The zero-order valence-corrected chi connectivity index (χ0v) is 16.6. The number of thioether (sulfide) groups is 1. The zero-order valence-electron chi connectivity index (χ0n) is 15.8. The summed E-state index contributed by atoms with van der Waals surface area (Å²) < 4.78 is 0. The van der Waals surface area contributed by atoms with Gasteiger partial charge in [-0.25, -0.2) is 4.98 Å². The van der Waals surface area contributed by atoms with Crippen LogP contribution in [0.5, 0.6) is 0 Å². The standard InChI is InChI=1S/C18H26N6O2S/c1-3-12-16(25)19-6-8-23(12)15-14-11(5-10-27-14)21-18(22-15)24-9-7-20-17(26)13(24)4-2/h12-13H,3-10H2,1-2H3,(H,19,25)(H,20,26). The molecule has 8 nitrogen and oxygen atoms in total. The summed E-state index contributed by atoms with van der Waals surface area (Å²) in [7, 11) is 0. The first-order chi connectivity index (χ1) is 13.1. The molecular weight excluding hydrogens is 364 g/mol. The Bertz CT molecular complexity index is 758. The Morgan fingerprint density at radius 2 is 1.63 bits per heavy atom. The number of anilines is 2. The Morgan fingerprint density at radius 1 is 1.00 bits per heavy atom. The van der Waals surface area contributed by atoms with Crippen molar-refractivity contribution in [2.24, 2.45) is 0 Å². The average molecular weight is 391 g/mol. The fraction of sp³-hybridized carbons (Fsp3) is 0.667. The Labute approximate surface area is 163 Å². The number of aryl methyl sites for hydroxylation is 1. The maximum absolute atomic E-state index is 12.4. The third-order valence-electron chi connectivity index (χ3n) is 5.46. The van der Waals surface area contributed by atoms with Crippen LogP contribution in [0.3, 0.4) is 0 Å². The average Bonchev–Trinajstić information content (AvgIpc) is 3.15. The molecule has 2 unspecified atom stereocenters. The van der Waals surface area contributed by atoms with E-state index in [0.717, 1.165) is 41.5 Å². The summed E-state index contributed by atoms with van der Waals surface area (Å²) in [6, 6.07) is -0.455. The molecule has 0 aromatic carbocycles. The Morgan fingerprint density at radius 3 is 2.30 bits per heavy atom. The molecule has 2 atom stereocenters. The van der Waals surface area contributed by atoms with Crippen LogP contribution in [0.1, 0.15) is 32.4 Å². The van der Waals surface area contributed by atoms with Gasteiger partial charge in [0.25, 0.3) is 0 Å². The van der Waals surface area contributed by atoms with E-state index in [4.69, 9.17) is 9.97 Å². The lowest BCUT2D eigenvalue weighted by Gasteiger charge is -2.38. The summed E-state index contributed by atoms with van der Waals surface area (Å²) in [5.74, 6) is 2.56. The van der Waals surface area contributed by atoms with E-state index in [0.29, 0.717) is 32.0 Å². The molecule has 4 rings (SSSR count). The van der Waals surface area contributed by atoms with Gasteiger partial charge >= 0.3 is 0 Å². The van der Waals surface area contributed by atoms with Gasteiger partial charge in [0.15, 0.2) is 0 Å². The monoisotopic (exact) mass is 390 g/mol. The van der Waals surface area contributed by atoms with Crippen LogP contribution in [0.25, 0.3) is 0 Å². The highest BCUT2D eigenvalue weighted by molar-refractivity contribution is 7.99. The smallest absolute Gasteiger partial charge is 0.242 e. The molecule has 2 fully saturated rings. The topological polar surface area (TPSA) is 90.5 Å². The minimum Gasteiger partial charge on any atom is -0.353 e. The molecule has 3 aliphatic rings. The van der Waals surface area contributed by atoms with Crippen molar-refractivity contribution in [1.82, 2.24) is 20.6 Å². The lowest BCUT2D eigenvalue weighted by molar-refractivity contribution is -0.124. The second-order valence-corrected chi connectivity index (χ2v) is 8.14. The van der Waals surface area contributed by atoms with Crippen LogP contribution in [-0.2, 0) is 16.0 Å². The molecule has 2 N–H and O–H groups in total. The Kier molecular flexibility index (Phi) is 5.12. The predicted molar refractivity (Wildman–Crippen MR) is 105 cm³/mol. The molecule has 27 heavy (non-hydrogen) atoms. The maximum Gasteiger partial charge on any atom is 0.242 e. The van der Waals surface area contributed by atoms with Gasteiger partial charge in [0, 0.05) is 38.4 Å².